The highest BCUT2D eigenvalue weighted by atomic mass is 16.7. The summed E-state index contributed by atoms with van der Waals surface area (Å²) in [6, 6.07) is 0. The van der Waals surface area contributed by atoms with Gasteiger partial charge >= 0.3 is 0 Å². The fourth-order valence-corrected chi connectivity index (χ4v) is 12.1. The molecule has 6 rings (SSSR count). The summed E-state index contributed by atoms with van der Waals surface area (Å²) in [7, 11) is 0. The normalized spacial score (nSPS) is 60.2. The van der Waals surface area contributed by atoms with Gasteiger partial charge < -0.3 is 30.3 Å². The molecule has 1 aliphatic heterocycles. The molecule has 5 N–H and O–H groups in total. The van der Waals surface area contributed by atoms with Crippen molar-refractivity contribution in [1.82, 2.24) is 0 Å². The summed E-state index contributed by atoms with van der Waals surface area (Å²) in [6.45, 7) is 14.3. The topological polar surface area (TPSA) is 110 Å². The molecule has 0 unspecified atom stereocenters. The number of fused-ring (bicyclic) bond motifs is 4. The standard InChI is InChI=1S/C30H50O6/c1-16-14-17(22(32)25(4,5)34)36-30(35)21(16)26(6)12-13-29-15-28(29)11-10-20(31)24(2,3)18(28)8-9-19(29)27(26,7)23(30)33/h16-23,31-35H,8-15H2,1-7H3/t16-,17-,18+,19+,20+,21-,22+,23-,26-,27-,28-,29+,30-/m1/s1. The Kier molecular flexibility index (Phi) is 5.12. The van der Waals surface area contributed by atoms with Crippen LogP contribution >= 0.6 is 0 Å². The second-order valence-corrected chi connectivity index (χ2v) is 15.8. The monoisotopic (exact) mass is 506 g/mol. The molecule has 1 heterocycles. The van der Waals surface area contributed by atoms with Gasteiger partial charge in [-0.15, -0.1) is 0 Å². The van der Waals surface area contributed by atoms with Gasteiger partial charge in [0.2, 0.25) is 0 Å². The van der Waals surface area contributed by atoms with Crippen molar-refractivity contribution in [3.8, 4) is 0 Å². The number of hydrogen-bond acceptors (Lipinski definition) is 6. The molecule has 1 saturated heterocycles. The van der Waals surface area contributed by atoms with Gasteiger partial charge in [0, 0.05) is 11.3 Å². The minimum atomic E-state index is -1.75. The molecule has 36 heavy (non-hydrogen) atoms. The van der Waals surface area contributed by atoms with Gasteiger partial charge in [-0.25, -0.2) is 0 Å². The fraction of sp³-hybridized carbons (Fsp3) is 1.00. The molecule has 0 aromatic carbocycles. The van der Waals surface area contributed by atoms with Gasteiger partial charge in [0.25, 0.3) is 0 Å². The summed E-state index contributed by atoms with van der Waals surface area (Å²) in [4.78, 5) is 0. The predicted octanol–water partition coefficient (Wildman–Crippen LogP) is 3.61. The lowest BCUT2D eigenvalue weighted by atomic mass is 9.41. The van der Waals surface area contributed by atoms with Crippen molar-refractivity contribution in [2.24, 2.45) is 50.7 Å². The largest absolute Gasteiger partial charge is 0.393 e. The molecular formula is C30H50O6. The lowest BCUT2D eigenvalue weighted by molar-refractivity contribution is -0.342. The van der Waals surface area contributed by atoms with Gasteiger partial charge in [0.1, 0.15) is 12.2 Å². The maximum atomic E-state index is 12.2. The molecule has 5 saturated carbocycles. The second kappa shape index (κ2) is 7.09. The van der Waals surface area contributed by atoms with Crippen molar-refractivity contribution < 1.29 is 30.3 Å². The van der Waals surface area contributed by atoms with E-state index in [-0.39, 0.29) is 39.6 Å². The Morgan fingerprint density at radius 2 is 1.53 bits per heavy atom. The molecule has 6 aliphatic rings. The zero-order chi connectivity index (χ0) is 26.5. The van der Waals surface area contributed by atoms with Crippen LogP contribution in [0.3, 0.4) is 0 Å². The quantitative estimate of drug-likeness (QED) is 0.391. The van der Waals surface area contributed by atoms with E-state index in [0.29, 0.717) is 18.3 Å². The molecule has 6 fully saturated rings. The predicted molar refractivity (Wildman–Crippen MR) is 136 cm³/mol. The summed E-state index contributed by atoms with van der Waals surface area (Å²) < 4.78 is 6.33. The summed E-state index contributed by atoms with van der Waals surface area (Å²) in [5, 5.41) is 56.7. The molecule has 0 bridgehead atoms. The molecule has 2 spiro atoms. The van der Waals surface area contributed by atoms with Crippen molar-refractivity contribution in [1.29, 1.82) is 0 Å². The number of ether oxygens (including phenoxy) is 1. The first-order valence-electron chi connectivity index (χ1n) is 14.6. The highest BCUT2D eigenvalue weighted by molar-refractivity contribution is 5.33. The SMILES string of the molecule is C[C@@H]1C[C@H]([C@H](O)C(C)(C)O)O[C@@]2(O)[C@H](O)[C@@]3(C)[C@@H]4CC[C@H]5C(C)(C)[C@@H](O)CC[C@@]56C[C@@]46CC[C@]3(C)[C@@H]12. The van der Waals surface area contributed by atoms with Gasteiger partial charge in [-0.05, 0) is 105 Å². The number of aliphatic hydroxyl groups is 5. The first-order valence-corrected chi connectivity index (χ1v) is 14.6. The highest BCUT2D eigenvalue weighted by Gasteiger charge is 2.86. The number of rotatable bonds is 2. The van der Waals surface area contributed by atoms with E-state index < -0.39 is 35.1 Å². The average molecular weight is 507 g/mol. The maximum absolute atomic E-state index is 12.2. The number of aliphatic hydroxyl groups excluding tert-OH is 3. The molecular weight excluding hydrogens is 456 g/mol. The summed E-state index contributed by atoms with van der Waals surface area (Å²) in [5.74, 6) is -1.14. The van der Waals surface area contributed by atoms with Crippen molar-refractivity contribution in [2.45, 2.75) is 136 Å². The summed E-state index contributed by atoms with van der Waals surface area (Å²) in [5.41, 5.74) is -1.84. The molecule has 5 aliphatic carbocycles. The molecule has 0 aromatic rings. The first kappa shape index (κ1) is 26.0. The third kappa shape index (κ3) is 2.66. The van der Waals surface area contributed by atoms with Gasteiger partial charge in [-0.3, -0.25) is 0 Å². The Balaban J connectivity index is 1.40. The smallest absolute Gasteiger partial charge is 0.196 e. The molecule has 206 valence electrons. The summed E-state index contributed by atoms with van der Waals surface area (Å²) in [6.07, 6.45) is 4.62. The Morgan fingerprint density at radius 3 is 2.17 bits per heavy atom. The van der Waals surface area contributed by atoms with Crippen molar-refractivity contribution in [3.05, 3.63) is 0 Å². The minimum Gasteiger partial charge on any atom is -0.393 e. The highest BCUT2D eigenvalue weighted by Crippen LogP contribution is 2.89. The Bertz CT molecular complexity index is 944. The van der Waals surface area contributed by atoms with E-state index in [1.165, 1.54) is 6.42 Å². The summed E-state index contributed by atoms with van der Waals surface area (Å²) >= 11 is 0. The molecule has 6 heteroatoms. The zero-order valence-corrected chi connectivity index (χ0v) is 23.4. The van der Waals surface area contributed by atoms with Crippen LogP contribution in [-0.2, 0) is 4.74 Å². The van der Waals surface area contributed by atoms with Crippen LogP contribution in [-0.4, -0.2) is 61.3 Å². The molecule has 0 amide bonds. The van der Waals surface area contributed by atoms with Crippen LogP contribution in [0.1, 0.15) is 99.8 Å². The van der Waals surface area contributed by atoms with Crippen LogP contribution in [0.4, 0.5) is 0 Å². The van der Waals surface area contributed by atoms with Crippen LogP contribution < -0.4 is 0 Å². The van der Waals surface area contributed by atoms with Crippen molar-refractivity contribution in [2.75, 3.05) is 0 Å². The number of hydrogen-bond donors (Lipinski definition) is 5. The van der Waals surface area contributed by atoms with E-state index in [1.54, 1.807) is 13.8 Å². The van der Waals surface area contributed by atoms with Crippen LogP contribution in [0, 0.1) is 50.7 Å². The molecule has 0 radical (unpaired) electrons. The van der Waals surface area contributed by atoms with Crippen molar-refractivity contribution >= 4 is 0 Å². The maximum Gasteiger partial charge on any atom is 0.196 e. The zero-order valence-electron chi connectivity index (χ0n) is 23.4. The molecule has 6 nitrogen and oxygen atoms in total. The first-order chi connectivity index (χ1) is 16.4. The van der Waals surface area contributed by atoms with E-state index in [4.69, 9.17) is 4.74 Å². The lowest BCUT2D eigenvalue weighted by Gasteiger charge is -2.63. The van der Waals surface area contributed by atoms with E-state index in [0.717, 1.165) is 38.5 Å². The van der Waals surface area contributed by atoms with E-state index in [2.05, 4.69) is 34.6 Å². The minimum absolute atomic E-state index is 0.0366. The third-order valence-corrected chi connectivity index (χ3v) is 13.9. The Morgan fingerprint density at radius 1 is 0.917 bits per heavy atom. The van der Waals surface area contributed by atoms with Crippen LogP contribution in [0.5, 0.6) is 0 Å². The Hall–Kier alpha value is -0.240. The van der Waals surface area contributed by atoms with E-state index in [9.17, 15) is 25.5 Å². The van der Waals surface area contributed by atoms with Crippen molar-refractivity contribution in [3.63, 3.8) is 0 Å². The Labute approximate surface area is 216 Å². The van der Waals surface area contributed by atoms with E-state index >= 15 is 0 Å². The third-order valence-electron chi connectivity index (χ3n) is 13.9. The van der Waals surface area contributed by atoms with Gasteiger partial charge in [0.15, 0.2) is 5.79 Å². The van der Waals surface area contributed by atoms with Crippen LogP contribution in [0.25, 0.3) is 0 Å². The molecule has 13 atom stereocenters. The van der Waals surface area contributed by atoms with E-state index in [1.807, 2.05) is 0 Å². The fourth-order valence-electron chi connectivity index (χ4n) is 12.1. The van der Waals surface area contributed by atoms with Gasteiger partial charge in [0.05, 0.1) is 17.8 Å². The van der Waals surface area contributed by atoms with Crippen LogP contribution in [0.2, 0.25) is 0 Å². The van der Waals surface area contributed by atoms with Gasteiger partial charge in [-0.1, -0.05) is 34.6 Å². The van der Waals surface area contributed by atoms with Crippen LogP contribution in [0.15, 0.2) is 0 Å². The average Bonchev–Trinajstić information content (AvgIpc) is 3.42. The van der Waals surface area contributed by atoms with Gasteiger partial charge in [-0.2, -0.15) is 0 Å². The second-order valence-electron chi connectivity index (χ2n) is 15.8. The molecule has 0 aromatic heterocycles. The lowest BCUT2D eigenvalue weighted by Crippen LogP contribution is -2.61.